The topological polar surface area (TPSA) is 74.2 Å². The molecule has 0 aromatic heterocycles. The molecule has 0 aliphatic rings. The Kier molecular flexibility index (Phi) is 10.3. The van der Waals surface area contributed by atoms with Crippen LogP contribution in [0.25, 0.3) is 0 Å². The summed E-state index contributed by atoms with van der Waals surface area (Å²) in [6.45, 7) is 3.60. The number of allylic oxidation sites excluding steroid dienone is 1. The number of benzene rings is 2. The molecule has 0 aliphatic heterocycles. The lowest BCUT2D eigenvalue weighted by Gasteiger charge is -2.13. The maximum Gasteiger partial charge on any atom is 0.573 e. The van der Waals surface area contributed by atoms with Crippen LogP contribution in [0.4, 0.5) is 26.3 Å². The summed E-state index contributed by atoms with van der Waals surface area (Å²) in [5.41, 5.74) is 0.964. The molecule has 37 heavy (non-hydrogen) atoms. The van der Waals surface area contributed by atoms with Gasteiger partial charge in [-0.15, -0.1) is 26.3 Å². The average molecular weight is 532 g/mol. The van der Waals surface area contributed by atoms with Gasteiger partial charge >= 0.3 is 18.7 Å². The van der Waals surface area contributed by atoms with E-state index in [9.17, 15) is 31.1 Å². The molecule has 2 rings (SSSR count). The quantitative estimate of drug-likeness (QED) is 0.304. The summed E-state index contributed by atoms with van der Waals surface area (Å²) in [4.78, 5) is 11.2. The van der Waals surface area contributed by atoms with Crippen LogP contribution in [0.2, 0.25) is 0 Å². The van der Waals surface area contributed by atoms with Gasteiger partial charge in [0.05, 0.1) is 0 Å². The van der Waals surface area contributed by atoms with Crippen LogP contribution in [0.15, 0.2) is 54.1 Å². The van der Waals surface area contributed by atoms with Gasteiger partial charge in [-0.1, -0.05) is 24.0 Å². The van der Waals surface area contributed by atoms with Crippen molar-refractivity contribution in [2.75, 3.05) is 13.2 Å². The molecule has 200 valence electrons. The third kappa shape index (κ3) is 11.6. The number of carboxylic acids is 1. The van der Waals surface area contributed by atoms with Gasteiger partial charge in [0, 0.05) is 24.7 Å². The Morgan fingerprint density at radius 2 is 1.54 bits per heavy atom. The Morgan fingerprint density at radius 3 is 2.03 bits per heavy atom. The molecule has 0 radical (unpaired) electrons. The highest BCUT2D eigenvalue weighted by Crippen LogP contribution is 2.31. The lowest BCUT2D eigenvalue weighted by atomic mass is 10.1. The van der Waals surface area contributed by atoms with Crippen LogP contribution in [-0.4, -0.2) is 43.1 Å². The summed E-state index contributed by atoms with van der Waals surface area (Å²) in [6, 6.07) is 8.78. The van der Waals surface area contributed by atoms with Gasteiger partial charge in [0.15, 0.2) is 6.10 Å². The molecule has 2 aromatic carbocycles. The Hall–Kier alpha value is -3.85. The van der Waals surface area contributed by atoms with Crippen LogP contribution >= 0.6 is 0 Å². The number of halogens is 6. The van der Waals surface area contributed by atoms with E-state index in [0.717, 1.165) is 17.7 Å². The molecule has 0 bridgehead atoms. The molecule has 0 heterocycles. The highest BCUT2D eigenvalue weighted by atomic mass is 19.4. The van der Waals surface area contributed by atoms with Crippen LogP contribution in [0.5, 0.6) is 17.2 Å². The van der Waals surface area contributed by atoms with Gasteiger partial charge in [0.25, 0.3) is 0 Å². The summed E-state index contributed by atoms with van der Waals surface area (Å²) in [7, 11) is 0. The molecule has 0 saturated carbocycles. The third-order valence-corrected chi connectivity index (χ3v) is 4.38. The normalized spacial score (nSPS) is 12.8. The van der Waals surface area contributed by atoms with Crippen LogP contribution in [0, 0.1) is 11.8 Å². The van der Waals surface area contributed by atoms with E-state index in [1.54, 1.807) is 44.2 Å². The maximum absolute atomic E-state index is 12.5. The Labute approximate surface area is 208 Å². The molecule has 1 N–H and O–H groups in total. The second-order valence-electron chi connectivity index (χ2n) is 7.37. The molecular weight excluding hydrogens is 510 g/mol. The van der Waals surface area contributed by atoms with Crippen LogP contribution in [-0.2, 0) is 16.0 Å². The fourth-order valence-electron chi connectivity index (χ4n) is 2.87. The second-order valence-corrected chi connectivity index (χ2v) is 7.37. The predicted molar refractivity (Wildman–Crippen MR) is 119 cm³/mol. The SMILES string of the molecule is CCOC(Cc1ccc(OC/C=C(/C)C#Cc2cc(OC(F)(F)F)cc(OC(F)(F)F)c2)cc1)C(=O)O. The summed E-state index contributed by atoms with van der Waals surface area (Å²) in [5.74, 6) is 2.66. The molecule has 0 amide bonds. The molecule has 0 spiro atoms. The highest BCUT2D eigenvalue weighted by molar-refractivity contribution is 5.72. The van der Waals surface area contributed by atoms with E-state index < -0.39 is 36.3 Å². The molecule has 6 nitrogen and oxygen atoms in total. The summed E-state index contributed by atoms with van der Waals surface area (Å²) in [6.07, 6.45) is -9.46. The molecular formula is C25H22F6O6. The lowest BCUT2D eigenvalue weighted by Crippen LogP contribution is -2.26. The van der Waals surface area contributed by atoms with Crippen molar-refractivity contribution in [1.29, 1.82) is 0 Å². The van der Waals surface area contributed by atoms with Crippen molar-refractivity contribution in [3.8, 4) is 29.1 Å². The zero-order valence-corrected chi connectivity index (χ0v) is 19.6. The van der Waals surface area contributed by atoms with Crippen molar-refractivity contribution < 1.29 is 55.2 Å². The number of ether oxygens (including phenoxy) is 4. The molecule has 12 heteroatoms. The Bertz CT molecular complexity index is 1110. The van der Waals surface area contributed by atoms with Crippen molar-refractivity contribution in [1.82, 2.24) is 0 Å². The minimum absolute atomic E-state index is 0.0657. The van der Waals surface area contributed by atoms with Crippen molar-refractivity contribution in [3.63, 3.8) is 0 Å². The first-order valence-corrected chi connectivity index (χ1v) is 10.7. The smallest absolute Gasteiger partial charge is 0.490 e. The first kappa shape index (κ1) is 29.4. The first-order chi connectivity index (χ1) is 17.2. The predicted octanol–water partition coefficient (Wildman–Crippen LogP) is 5.89. The van der Waals surface area contributed by atoms with Gasteiger partial charge in [0.1, 0.15) is 23.9 Å². The van der Waals surface area contributed by atoms with Crippen LogP contribution in [0.1, 0.15) is 25.0 Å². The molecule has 0 saturated heterocycles. The summed E-state index contributed by atoms with van der Waals surface area (Å²) in [5, 5.41) is 9.15. The standard InChI is InChI=1S/C25H22F6O6/c1-3-34-22(23(32)33)14-17-6-8-19(9-7-17)35-11-10-16(2)4-5-18-12-20(36-24(26,27)28)15-21(13-18)37-25(29,30)31/h6-10,12-13,15,22H,3,11,14H2,1-2H3,(H,32,33)/b16-10-. The van der Waals surface area contributed by atoms with E-state index in [0.29, 0.717) is 17.4 Å². The fourth-order valence-corrected chi connectivity index (χ4v) is 2.87. The van der Waals surface area contributed by atoms with E-state index >= 15 is 0 Å². The largest absolute Gasteiger partial charge is 0.573 e. The first-order valence-electron chi connectivity index (χ1n) is 10.7. The van der Waals surface area contributed by atoms with Gasteiger partial charge in [-0.25, -0.2) is 4.79 Å². The molecule has 1 atom stereocenters. The molecule has 0 fully saturated rings. The van der Waals surface area contributed by atoms with Crippen LogP contribution < -0.4 is 14.2 Å². The van der Waals surface area contributed by atoms with Crippen molar-refractivity contribution in [3.05, 3.63) is 65.2 Å². The van der Waals surface area contributed by atoms with Gasteiger partial charge in [-0.3, -0.25) is 0 Å². The Morgan fingerprint density at radius 1 is 0.973 bits per heavy atom. The van der Waals surface area contributed by atoms with Gasteiger partial charge in [-0.05, 0) is 55.3 Å². The van der Waals surface area contributed by atoms with E-state index in [2.05, 4.69) is 21.3 Å². The number of alkyl halides is 6. The monoisotopic (exact) mass is 532 g/mol. The third-order valence-electron chi connectivity index (χ3n) is 4.38. The van der Waals surface area contributed by atoms with Gasteiger partial charge in [0.2, 0.25) is 0 Å². The molecule has 2 aromatic rings. The number of aliphatic carboxylic acids is 1. The minimum Gasteiger partial charge on any atom is -0.490 e. The highest BCUT2D eigenvalue weighted by Gasteiger charge is 2.33. The number of hydrogen-bond acceptors (Lipinski definition) is 5. The van der Waals surface area contributed by atoms with Gasteiger partial charge in [-0.2, -0.15) is 0 Å². The number of hydrogen-bond donors (Lipinski definition) is 1. The number of carboxylic acid groups (broad SMARTS) is 1. The average Bonchev–Trinajstić information content (AvgIpc) is 2.76. The van der Waals surface area contributed by atoms with E-state index in [4.69, 9.17) is 14.6 Å². The lowest BCUT2D eigenvalue weighted by molar-refractivity contribution is -0.276. The zero-order chi connectivity index (χ0) is 27.6. The molecule has 0 aliphatic carbocycles. The van der Waals surface area contributed by atoms with Crippen LogP contribution in [0.3, 0.4) is 0 Å². The van der Waals surface area contributed by atoms with Gasteiger partial charge < -0.3 is 24.1 Å². The zero-order valence-electron chi connectivity index (χ0n) is 19.6. The second kappa shape index (κ2) is 12.9. The molecule has 1 unspecified atom stereocenters. The van der Waals surface area contributed by atoms with Crippen molar-refractivity contribution >= 4 is 5.97 Å². The van der Waals surface area contributed by atoms with Crippen molar-refractivity contribution in [2.24, 2.45) is 0 Å². The van der Waals surface area contributed by atoms with E-state index in [1.165, 1.54) is 0 Å². The number of carbonyl (C=O) groups is 1. The van der Waals surface area contributed by atoms with E-state index in [-0.39, 0.29) is 25.2 Å². The minimum atomic E-state index is -5.12. The summed E-state index contributed by atoms with van der Waals surface area (Å²) < 4.78 is 93.1. The fraction of sp³-hybridized carbons (Fsp3) is 0.320. The van der Waals surface area contributed by atoms with Crippen molar-refractivity contribution in [2.45, 2.75) is 39.1 Å². The maximum atomic E-state index is 12.5. The number of rotatable bonds is 10. The summed E-state index contributed by atoms with van der Waals surface area (Å²) >= 11 is 0. The van der Waals surface area contributed by atoms with E-state index in [1.807, 2.05) is 0 Å². The Balaban J connectivity index is 2.05.